The van der Waals surface area contributed by atoms with Gasteiger partial charge in [-0.1, -0.05) is 0 Å². The predicted molar refractivity (Wildman–Crippen MR) is 63.6 cm³/mol. The average Bonchev–Trinajstić information content (AvgIpc) is 2.95. The summed E-state index contributed by atoms with van der Waals surface area (Å²) in [7, 11) is 0. The van der Waals surface area contributed by atoms with Crippen molar-refractivity contribution >= 4 is 5.65 Å². The van der Waals surface area contributed by atoms with Crippen LogP contribution in [-0.2, 0) is 0 Å². The summed E-state index contributed by atoms with van der Waals surface area (Å²) in [5.74, 6) is 0.464. The van der Waals surface area contributed by atoms with Gasteiger partial charge in [-0.3, -0.25) is 9.30 Å². The van der Waals surface area contributed by atoms with E-state index < -0.39 is 0 Å². The third kappa shape index (κ3) is 1.87. The van der Waals surface area contributed by atoms with E-state index in [9.17, 15) is 4.39 Å². The highest BCUT2D eigenvalue weighted by atomic mass is 19.1. The zero-order valence-electron chi connectivity index (χ0n) is 9.96. The fourth-order valence-electron chi connectivity index (χ4n) is 2.62. The van der Waals surface area contributed by atoms with Crippen LogP contribution in [0.15, 0.2) is 18.3 Å². The molecule has 2 aromatic rings. The second-order valence-corrected chi connectivity index (χ2v) is 4.55. The fraction of sp³-hybridized carbons (Fsp3) is 0.500. The number of halogens is 1. The Morgan fingerprint density at radius 2 is 2.28 bits per heavy atom. The number of aromatic nitrogens is 3. The van der Waals surface area contributed by atoms with Crippen molar-refractivity contribution < 1.29 is 9.50 Å². The predicted octanol–water partition coefficient (Wildman–Crippen LogP) is 0.998. The normalized spacial score (nSPS) is 20.9. The molecule has 3 heterocycles. The molecule has 5 nitrogen and oxygen atoms in total. The topological polar surface area (TPSA) is 53.7 Å². The summed E-state index contributed by atoms with van der Waals surface area (Å²) >= 11 is 0. The summed E-state index contributed by atoms with van der Waals surface area (Å²) in [5.41, 5.74) is 0.655. The van der Waals surface area contributed by atoms with E-state index in [2.05, 4.69) is 15.1 Å². The van der Waals surface area contributed by atoms with Crippen molar-refractivity contribution in [2.45, 2.75) is 18.9 Å². The van der Waals surface area contributed by atoms with Crippen LogP contribution in [0.5, 0.6) is 0 Å². The Morgan fingerprint density at radius 3 is 3.11 bits per heavy atom. The number of pyridine rings is 1. The molecular formula is C12H15FN4O. The third-order valence-corrected chi connectivity index (χ3v) is 3.44. The maximum absolute atomic E-state index is 13.3. The van der Waals surface area contributed by atoms with Gasteiger partial charge in [0, 0.05) is 12.7 Å². The minimum Gasteiger partial charge on any atom is -0.395 e. The lowest BCUT2D eigenvalue weighted by Gasteiger charge is -2.21. The first-order valence-electron chi connectivity index (χ1n) is 6.14. The molecule has 0 radical (unpaired) electrons. The molecule has 6 heteroatoms. The molecule has 0 saturated carbocycles. The molecule has 3 rings (SSSR count). The standard InChI is InChI=1S/C12H15FN4O/c13-9-3-4-11-14-15-12(17(11)8-9)10-2-1-5-16(10)6-7-18/h3-4,8,10,18H,1-2,5-7H2. The van der Waals surface area contributed by atoms with Gasteiger partial charge in [0.25, 0.3) is 0 Å². The first-order chi connectivity index (χ1) is 8.79. The Balaban J connectivity index is 2.00. The number of hydrogen-bond acceptors (Lipinski definition) is 4. The summed E-state index contributed by atoms with van der Waals surface area (Å²) in [6, 6.07) is 3.12. The van der Waals surface area contributed by atoms with Gasteiger partial charge in [-0.2, -0.15) is 0 Å². The second kappa shape index (κ2) is 4.62. The SMILES string of the molecule is OCCN1CCCC1c1nnc2ccc(F)cn12. The van der Waals surface area contributed by atoms with Gasteiger partial charge in [-0.15, -0.1) is 10.2 Å². The van der Waals surface area contributed by atoms with Gasteiger partial charge >= 0.3 is 0 Å². The molecule has 96 valence electrons. The molecule has 1 unspecified atom stereocenters. The van der Waals surface area contributed by atoms with E-state index in [1.165, 1.54) is 12.3 Å². The van der Waals surface area contributed by atoms with E-state index in [4.69, 9.17) is 5.11 Å². The van der Waals surface area contributed by atoms with Crippen LogP contribution < -0.4 is 0 Å². The van der Waals surface area contributed by atoms with Gasteiger partial charge in [0.05, 0.1) is 12.6 Å². The van der Waals surface area contributed by atoms with E-state index in [0.29, 0.717) is 12.2 Å². The van der Waals surface area contributed by atoms with Crippen LogP contribution in [0.25, 0.3) is 5.65 Å². The molecule has 0 aromatic carbocycles. The lowest BCUT2D eigenvalue weighted by molar-refractivity contribution is 0.181. The van der Waals surface area contributed by atoms with Crippen molar-refractivity contribution in [3.05, 3.63) is 30.0 Å². The molecule has 1 aliphatic heterocycles. The molecule has 18 heavy (non-hydrogen) atoms. The van der Waals surface area contributed by atoms with Crippen LogP contribution in [0.3, 0.4) is 0 Å². The van der Waals surface area contributed by atoms with Crippen LogP contribution in [0.2, 0.25) is 0 Å². The molecule has 0 aliphatic carbocycles. The molecule has 1 fully saturated rings. The van der Waals surface area contributed by atoms with Crippen LogP contribution >= 0.6 is 0 Å². The molecule has 1 saturated heterocycles. The zero-order valence-corrected chi connectivity index (χ0v) is 9.96. The van der Waals surface area contributed by atoms with E-state index in [1.807, 2.05) is 0 Å². The van der Waals surface area contributed by atoms with Crippen molar-refractivity contribution in [1.82, 2.24) is 19.5 Å². The number of likely N-dealkylation sites (tertiary alicyclic amines) is 1. The smallest absolute Gasteiger partial charge is 0.160 e. The van der Waals surface area contributed by atoms with E-state index in [0.717, 1.165) is 25.2 Å². The molecule has 0 bridgehead atoms. The molecule has 2 aromatic heterocycles. The fourth-order valence-corrected chi connectivity index (χ4v) is 2.62. The maximum atomic E-state index is 13.3. The van der Waals surface area contributed by atoms with Gasteiger partial charge in [0.1, 0.15) is 5.82 Å². The molecule has 1 N–H and O–H groups in total. The number of hydrogen-bond donors (Lipinski definition) is 1. The quantitative estimate of drug-likeness (QED) is 0.883. The average molecular weight is 250 g/mol. The monoisotopic (exact) mass is 250 g/mol. The summed E-state index contributed by atoms with van der Waals surface area (Å²) in [4.78, 5) is 2.17. The first-order valence-corrected chi connectivity index (χ1v) is 6.14. The van der Waals surface area contributed by atoms with Crippen LogP contribution in [0, 0.1) is 5.82 Å². The van der Waals surface area contributed by atoms with Gasteiger partial charge in [-0.05, 0) is 31.5 Å². The van der Waals surface area contributed by atoms with E-state index in [-0.39, 0.29) is 18.5 Å². The largest absolute Gasteiger partial charge is 0.395 e. The summed E-state index contributed by atoms with van der Waals surface area (Å²) in [5, 5.41) is 17.3. The Labute approximate surface area is 104 Å². The second-order valence-electron chi connectivity index (χ2n) is 4.55. The van der Waals surface area contributed by atoms with Crippen molar-refractivity contribution in [2.24, 2.45) is 0 Å². The van der Waals surface area contributed by atoms with Gasteiger partial charge in [0.2, 0.25) is 0 Å². The Bertz CT molecular complexity index is 556. The van der Waals surface area contributed by atoms with Gasteiger partial charge in [0.15, 0.2) is 11.5 Å². The minimum atomic E-state index is -0.296. The lowest BCUT2D eigenvalue weighted by atomic mass is 10.2. The number of nitrogens with zero attached hydrogens (tertiary/aromatic N) is 4. The Kier molecular flexibility index (Phi) is 2.97. The summed E-state index contributed by atoms with van der Waals surface area (Å²) in [6.07, 6.45) is 3.45. The number of rotatable bonds is 3. The third-order valence-electron chi connectivity index (χ3n) is 3.44. The van der Waals surface area contributed by atoms with Gasteiger partial charge in [-0.25, -0.2) is 4.39 Å². The molecule has 1 atom stereocenters. The van der Waals surface area contributed by atoms with Crippen LogP contribution in [0.4, 0.5) is 4.39 Å². The van der Waals surface area contributed by atoms with Crippen LogP contribution in [-0.4, -0.2) is 44.3 Å². The number of aliphatic hydroxyl groups excluding tert-OH is 1. The molecular weight excluding hydrogens is 235 g/mol. The first kappa shape index (κ1) is 11.6. The minimum absolute atomic E-state index is 0.119. The van der Waals surface area contributed by atoms with E-state index in [1.54, 1.807) is 10.5 Å². The number of aliphatic hydroxyl groups is 1. The molecule has 0 spiro atoms. The van der Waals surface area contributed by atoms with Crippen molar-refractivity contribution in [3.63, 3.8) is 0 Å². The van der Waals surface area contributed by atoms with Crippen molar-refractivity contribution in [1.29, 1.82) is 0 Å². The van der Waals surface area contributed by atoms with Crippen molar-refractivity contribution in [2.75, 3.05) is 19.7 Å². The highest BCUT2D eigenvalue weighted by molar-refractivity contribution is 5.38. The van der Waals surface area contributed by atoms with Crippen molar-refractivity contribution in [3.8, 4) is 0 Å². The summed E-state index contributed by atoms with van der Waals surface area (Å²) in [6.45, 7) is 1.69. The maximum Gasteiger partial charge on any atom is 0.160 e. The van der Waals surface area contributed by atoms with Gasteiger partial charge < -0.3 is 5.11 Å². The Hall–Kier alpha value is -1.53. The molecule has 1 aliphatic rings. The lowest BCUT2D eigenvalue weighted by Crippen LogP contribution is -2.27. The highest BCUT2D eigenvalue weighted by Crippen LogP contribution is 2.30. The number of β-amino-alcohol motifs (C(OH)–C–C–N with tert-alkyl or cyclic N) is 1. The Morgan fingerprint density at radius 1 is 1.39 bits per heavy atom. The summed E-state index contributed by atoms with van der Waals surface area (Å²) < 4.78 is 15.0. The van der Waals surface area contributed by atoms with Crippen LogP contribution in [0.1, 0.15) is 24.7 Å². The molecule has 0 amide bonds. The van der Waals surface area contributed by atoms with E-state index >= 15 is 0 Å². The number of fused-ring (bicyclic) bond motifs is 1. The highest BCUT2D eigenvalue weighted by Gasteiger charge is 2.29. The zero-order chi connectivity index (χ0) is 12.5.